The van der Waals surface area contributed by atoms with Gasteiger partial charge >= 0.3 is 0 Å². The monoisotopic (exact) mass is 181 g/mol. The highest BCUT2D eigenvalue weighted by Crippen LogP contribution is 2.20. The van der Waals surface area contributed by atoms with Gasteiger partial charge in [0, 0.05) is 10.9 Å². The predicted molar refractivity (Wildman–Crippen MR) is 55.4 cm³/mol. The van der Waals surface area contributed by atoms with Crippen LogP contribution in [0.4, 0.5) is 0 Å². The first-order valence-electron chi connectivity index (χ1n) is 4.17. The van der Waals surface area contributed by atoms with Gasteiger partial charge in [-0.1, -0.05) is 19.1 Å². The number of rotatable bonds is 3. The van der Waals surface area contributed by atoms with Crippen molar-refractivity contribution in [2.45, 2.75) is 24.3 Å². The third-order valence-corrected chi connectivity index (χ3v) is 2.69. The lowest BCUT2D eigenvalue weighted by atomic mass is 10.1. The van der Waals surface area contributed by atoms with Gasteiger partial charge in [0.05, 0.1) is 0 Å². The molecular formula is C10H15NS. The molecule has 0 aliphatic rings. The van der Waals surface area contributed by atoms with E-state index in [1.807, 2.05) is 0 Å². The van der Waals surface area contributed by atoms with Crippen molar-refractivity contribution in [3.8, 4) is 0 Å². The summed E-state index contributed by atoms with van der Waals surface area (Å²) < 4.78 is 0. The van der Waals surface area contributed by atoms with E-state index in [0.717, 1.165) is 6.42 Å². The lowest BCUT2D eigenvalue weighted by Gasteiger charge is -2.09. The Balaban J connectivity index is 2.86. The molecule has 1 nitrogen and oxygen atoms in total. The van der Waals surface area contributed by atoms with Gasteiger partial charge in [0.1, 0.15) is 0 Å². The van der Waals surface area contributed by atoms with Crippen LogP contribution in [0, 0.1) is 0 Å². The van der Waals surface area contributed by atoms with Gasteiger partial charge in [0.2, 0.25) is 0 Å². The second-order valence-corrected chi connectivity index (χ2v) is 3.67. The standard InChI is InChI=1S/C10H15NS/c1-3-10(11)8-5-4-6-9(7-8)12-2/h4-7,10H,3,11H2,1-2H3. The molecule has 0 saturated heterocycles. The zero-order chi connectivity index (χ0) is 8.97. The SMILES string of the molecule is CCC(N)c1cccc(SC)c1. The summed E-state index contributed by atoms with van der Waals surface area (Å²) in [5.74, 6) is 0. The first-order chi connectivity index (χ1) is 5.77. The molecule has 2 heteroatoms. The van der Waals surface area contributed by atoms with Crippen molar-refractivity contribution in [2.24, 2.45) is 5.73 Å². The third kappa shape index (κ3) is 2.26. The Morgan fingerprint density at radius 2 is 2.25 bits per heavy atom. The molecule has 1 aromatic carbocycles. The van der Waals surface area contributed by atoms with Crippen LogP contribution < -0.4 is 5.73 Å². The molecule has 0 aromatic heterocycles. The Bertz CT molecular complexity index is 247. The average molecular weight is 181 g/mol. The summed E-state index contributed by atoms with van der Waals surface area (Å²) in [6.45, 7) is 2.11. The lowest BCUT2D eigenvalue weighted by molar-refractivity contribution is 0.697. The van der Waals surface area contributed by atoms with Gasteiger partial charge in [0.15, 0.2) is 0 Å². The van der Waals surface area contributed by atoms with E-state index in [4.69, 9.17) is 5.73 Å². The summed E-state index contributed by atoms with van der Waals surface area (Å²) in [4.78, 5) is 1.29. The minimum Gasteiger partial charge on any atom is -0.324 e. The molecule has 0 radical (unpaired) electrons. The predicted octanol–water partition coefficient (Wildman–Crippen LogP) is 2.82. The Morgan fingerprint density at radius 1 is 1.50 bits per heavy atom. The summed E-state index contributed by atoms with van der Waals surface area (Å²) >= 11 is 1.76. The van der Waals surface area contributed by atoms with Gasteiger partial charge in [-0.25, -0.2) is 0 Å². The van der Waals surface area contributed by atoms with Crippen LogP contribution in [0.5, 0.6) is 0 Å². The molecule has 0 amide bonds. The minimum atomic E-state index is 0.192. The molecule has 0 aliphatic carbocycles. The zero-order valence-electron chi connectivity index (χ0n) is 7.58. The van der Waals surface area contributed by atoms with Crippen LogP contribution in [0.15, 0.2) is 29.2 Å². The summed E-state index contributed by atoms with van der Waals surface area (Å²) in [5.41, 5.74) is 7.15. The Morgan fingerprint density at radius 3 is 2.83 bits per heavy atom. The van der Waals surface area contributed by atoms with Gasteiger partial charge in [-0.3, -0.25) is 0 Å². The van der Waals surface area contributed by atoms with Crippen LogP contribution in [-0.4, -0.2) is 6.26 Å². The van der Waals surface area contributed by atoms with Crippen molar-refractivity contribution in [3.63, 3.8) is 0 Å². The van der Waals surface area contributed by atoms with Gasteiger partial charge < -0.3 is 5.73 Å². The quantitative estimate of drug-likeness (QED) is 0.726. The fourth-order valence-corrected chi connectivity index (χ4v) is 1.58. The summed E-state index contributed by atoms with van der Waals surface area (Å²) in [6, 6.07) is 8.62. The van der Waals surface area contributed by atoms with Gasteiger partial charge in [-0.05, 0) is 30.4 Å². The maximum atomic E-state index is 5.91. The molecule has 0 spiro atoms. The molecule has 0 heterocycles. The van der Waals surface area contributed by atoms with Gasteiger partial charge in [-0.15, -0.1) is 11.8 Å². The van der Waals surface area contributed by atoms with Crippen LogP contribution >= 0.6 is 11.8 Å². The number of thioether (sulfide) groups is 1. The number of benzene rings is 1. The normalized spacial score (nSPS) is 12.9. The van der Waals surface area contributed by atoms with Crippen molar-refractivity contribution in [2.75, 3.05) is 6.26 Å². The van der Waals surface area contributed by atoms with E-state index >= 15 is 0 Å². The lowest BCUT2D eigenvalue weighted by Crippen LogP contribution is -2.08. The molecule has 2 N–H and O–H groups in total. The van der Waals surface area contributed by atoms with E-state index in [2.05, 4.69) is 37.4 Å². The molecule has 1 atom stereocenters. The van der Waals surface area contributed by atoms with E-state index in [-0.39, 0.29) is 6.04 Å². The highest BCUT2D eigenvalue weighted by molar-refractivity contribution is 7.98. The van der Waals surface area contributed by atoms with E-state index in [1.165, 1.54) is 10.5 Å². The van der Waals surface area contributed by atoms with Gasteiger partial charge in [0.25, 0.3) is 0 Å². The number of nitrogens with two attached hydrogens (primary N) is 1. The summed E-state index contributed by atoms with van der Waals surface area (Å²) in [5, 5.41) is 0. The molecule has 1 unspecified atom stereocenters. The van der Waals surface area contributed by atoms with E-state index < -0.39 is 0 Å². The van der Waals surface area contributed by atoms with E-state index in [1.54, 1.807) is 11.8 Å². The molecular weight excluding hydrogens is 166 g/mol. The van der Waals surface area contributed by atoms with E-state index in [0.29, 0.717) is 0 Å². The fraction of sp³-hybridized carbons (Fsp3) is 0.400. The summed E-state index contributed by atoms with van der Waals surface area (Å²) in [6.07, 6.45) is 3.08. The Hall–Kier alpha value is -0.470. The second-order valence-electron chi connectivity index (χ2n) is 2.79. The second kappa shape index (κ2) is 4.53. The largest absolute Gasteiger partial charge is 0.324 e. The van der Waals surface area contributed by atoms with Crippen molar-refractivity contribution in [1.82, 2.24) is 0 Å². The van der Waals surface area contributed by atoms with Crippen LogP contribution in [-0.2, 0) is 0 Å². The first kappa shape index (κ1) is 9.62. The van der Waals surface area contributed by atoms with Crippen molar-refractivity contribution >= 4 is 11.8 Å². The smallest absolute Gasteiger partial charge is 0.0292 e. The minimum absolute atomic E-state index is 0.192. The molecule has 0 fully saturated rings. The summed E-state index contributed by atoms with van der Waals surface area (Å²) in [7, 11) is 0. The van der Waals surface area contributed by atoms with E-state index in [9.17, 15) is 0 Å². The molecule has 0 bridgehead atoms. The fourth-order valence-electron chi connectivity index (χ4n) is 1.11. The Labute approximate surface area is 78.4 Å². The maximum Gasteiger partial charge on any atom is 0.0292 e. The number of hydrogen-bond acceptors (Lipinski definition) is 2. The highest BCUT2D eigenvalue weighted by Gasteiger charge is 2.02. The molecule has 66 valence electrons. The van der Waals surface area contributed by atoms with Crippen LogP contribution in [0.1, 0.15) is 24.9 Å². The highest BCUT2D eigenvalue weighted by atomic mass is 32.2. The molecule has 1 rings (SSSR count). The third-order valence-electron chi connectivity index (χ3n) is 1.96. The van der Waals surface area contributed by atoms with Gasteiger partial charge in [-0.2, -0.15) is 0 Å². The van der Waals surface area contributed by atoms with Crippen LogP contribution in [0.3, 0.4) is 0 Å². The number of hydrogen-bond donors (Lipinski definition) is 1. The van der Waals surface area contributed by atoms with Crippen molar-refractivity contribution in [1.29, 1.82) is 0 Å². The van der Waals surface area contributed by atoms with Crippen LogP contribution in [0.25, 0.3) is 0 Å². The first-order valence-corrected chi connectivity index (χ1v) is 5.40. The molecule has 0 saturated carbocycles. The Kier molecular flexibility index (Phi) is 3.63. The van der Waals surface area contributed by atoms with Crippen LogP contribution in [0.2, 0.25) is 0 Å². The maximum absolute atomic E-state index is 5.91. The molecule has 12 heavy (non-hydrogen) atoms. The van der Waals surface area contributed by atoms with Crippen molar-refractivity contribution in [3.05, 3.63) is 29.8 Å². The average Bonchev–Trinajstić information content (AvgIpc) is 2.17. The van der Waals surface area contributed by atoms with Crippen molar-refractivity contribution < 1.29 is 0 Å². The molecule has 0 aliphatic heterocycles. The topological polar surface area (TPSA) is 26.0 Å². The zero-order valence-corrected chi connectivity index (χ0v) is 8.40. The molecule has 1 aromatic rings.